The summed E-state index contributed by atoms with van der Waals surface area (Å²) in [7, 11) is 0. The van der Waals surface area contributed by atoms with E-state index in [1.165, 1.54) is 19.3 Å². The Morgan fingerprint density at radius 1 is 1.38 bits per heavy atom. The van der Waals surface area contributed by atoms with Gasteiger partial charge in [0.1, 0.15) is 18.5 Å². The van der Waals surface area contributed by atoms with Crippen molar-refractivity contribution in [2.75, 3.05) is 13.2 Å². The van der Waals surface area contributed by atoms with E-state index in [-0.39, 0.29) is 6.61 Å². The molecule has 1 aromatic carbocycles. The summed E-state index contributed by atoms with van der Waals surface area (Å²) in [5, 5.41) is 22.1. The minimum absolute atomic E-state index is 0.263. The van der Waals surface area contributed by atoms with Crippen LogP contribution in [0.25, 0.3) is 0 Å². The third kappa shape index (κ3) is 5.74. The number of ether oxygens (including phenoxy) is 1. The van der Waals surface area contributed by atoms with Crippen molar-refractivity contribution in [3.05, 3.63) is 29.8 Å². The lowest BCUT2D eigenvalue weighted by atomic mass is 10.1. The third-order valence-corrected chi connectivity index (χ3v) is 3.88. The molecule has 2 rings (SSSR count). The molecule has 1 saturated carbocycles. The van der Waals surface area contributed by atoms with Crippen molar-refractivity contribution in [3.63, 3.8) is 0 Å². The smallest absolute Gasteiger partial charge is 0.119 e. The first-order chi connectivity index (χ1) is 10.2. The number of benzene rings is 1. The Morgan fingerprint density at radius 3 is 2.67 bits per heavy atom. The minimum Gasteiger partial charge on any atom is -0.491 e. The highest BCUT2D eigenvalue weighted by atomic mass is 16.5. The summed E-state index contributed by atoms with van der Waals surface area (Å²) in [6.45, 7) is 3.00. The highest BCUT2D eigenvalue weighted by Crippen LogP contribution is 2.33. The Hall–Kier alpha value is -1.57. The number of aliphatic hydroxyl groups is 1. The van der Waals surface area contributed by atoms with Crippen LogP contribution in [0.1, 0.15) is 38.2 Å². The summed E-state index contributed by atoms with van der Waals surface area (Å²) in [4.78, 5) is 0. The van der Waals surface area contributed by atoms with E-state index in [0.717, 1.165) is 12.3 Å². The van der Waals surface area contributed by atoms with Crippen LogP contribution >= 0.6 is 0 Å². The van der Waals surface area contributed by atoms with Crippen LogP contribution in [-0.4, -0.2) is 30.4 Å². The van der Waals surface area contributed by atoms with Gasteiger partial charge >= 0.3 is 0 Å². The Bertz CT molecular complexity index is 463. The molecule has 2 N–H and O–H groups in total. The van der Waals surface area contributed by atoms with Gasteiger partial charge in [-0.05, 0) is 43.0 Å². The number of nitriles is 1. The molecular formula is C17H24N2O2. The SMILES string of the molecule is CCC(CC1CC1)NCC(O)COc1ccc(C#N)cc1. The maximum Gasteiger partial charge on any atom is 0.119 e. The van der Waals surface area contributed by atoms with Crippen molar-refractivity contribution in [1.82, 2.24) is 5.32 Å². The van der Waals surface area contributed by atoms with E-state index in [9.17, 15) is 5.11 Å². The number of nitrogens with zero attached hydrogens (tertiary/aromatic N) is 1. The van der Waals surface area contributed by atoms with Crippen molar-refractivity contribution in [2.45, 2.75) is 44.8 Å². The largest absolute Gasteiger partial charge is 0.491 e. The van der Waals surface area contributed by atoms with E-state index in [4.69, 9.17) is 10.00 Å². The Morgan fingerprint density at radius 2 is 2.10 bits per heavy atom. The van der Waals surface area contributed by atoms with Gasteiger partial charge in [-0.1, -0.05) is 19.8 Å². The minimum atomic E-state index is -0.520. The number of hydrogen-bond donors (Lipinski definition) is 2. The summed E-state index contributed by atoms with van der Waals surface area (Å²) < 4.78 is 5.53. The first-order valence-corrected chi connectivity index (χ1v) is 7.75. The monoisotopic (exact) mass is 288 g/mol. The van der Waals surface area contributed by atoms with Crippen molar-refractivity contribution in [3.8, 4) is 11.8 Å². The molecule has 2 atom stereocenters. The van der Waals surface area contributed by atoms with Gasteiger partial charge in [-0.2, -0.15) is 5.26 Å². The summed E-state index contributed by atoms with van der Waals surface area (Å²) in [6.07, 6.45) is 4.53. The van der Waals surface area contributed by atoms with Crippen LogP contribution in [0.3, 0.4) is 0 Å². The van der Waals surface area contributed by atoms with Gasteiger partial charge in [-0.15, -0.1) is 0 Å². The van der Waals surface area contributed by atoms with E-state index in [1.54, 1.807) is 24.3 Å². The lowest BCUT2D eigenvalue weighted by Gasteiger charge is -2.19. The highest BCUT2D eigenvalue weighted by molar-refractivity contribution is 5.34. The van der Waals surface area contributed by atoms with Crippen molar-refractivity contribution < 1.29 is 9.84 Å². The van der Waals surface area contributed by atoms with E-state index >= 15 is 0 Å². The van der Waals surface area contributed by atoms with Gasteiger partial charge in [0.25, 0.3) is 0 Å². The van der Waals surface area contributed by atoms with E-state index in [1.807, 2.05) is 0 Å². The van der Waals surface area contributed by atoms with E-state index in [2.05, 4.69) is 18.3 Å². The van der Waals surface area contributed by atoms with Crippen LogP contribution in [0.2, 0.25) is 0 Å². The molecular weight excluding hydrogens is 264 g/mol. The zero-order valence-corrected chi connectivity index (χ0v) is 12.6. The van der Waals surface area contributed by atoms with Crippen LogP contribution in [0.4, 0.5) is 0 Å². The normalized spacial score (nSPS) is 17.0. The number of aliphatic hydroxyl groups excluding tert-OH is 1. The lowest BCUT2D eigenvalue weighted by molar-refractivity contribution is 0.103. The Balaban J connectivity index is 1.66. The van der Waals surface area contributed by atoms with Gasteiger partial charge in [0.15, 0.2) is 0 Å². The molecule has 0 bridgehead atoms. The van der Waals surface area contributed by atoms with Gasteiger partial charge in [0.05, 0.1) is 11.6 Å². The molecule has 0 heterocycles. The van der Waals surface area contributed by atoms with Gasteiger partial charge in [0, 0.05) is 12.6 Å². The average molecular weight is 288 g/mol. The molecule has 0 saturated heterocycles. The average Bonchev–Trinajstić information content (AvgIpc) is 3.33. The van der Waals surface area contributed by atoms with Crippen LogP contribution in [0, 0.1) is 17.2 Å². The third-order valence-electron chi connectivity index (χ3n) is 3.88. The molecule has 0 radical (unpaired) electrons. The highest BCUT2D eigenvalue weighted by Gasteiger charge is 2.24. The molecule has 1 aromatic rings. The second-order valence-electron chi connectivity index (χ2n) is 5.79. The van der Waals surface area contributed by atoms with Gasteiger partial charge in [-0.3, -0.25) is 0 Å². The second-order valence-corrected chi connectivity index (χ2v) is 5.79. The molecule has 114 valence electrons. The predicted molar refractivity (Wildman–Crippen MR) is 82.1 cm³/mol. The number of rotatable bonds is 9. The molecule has 21 heavy (non-hydrogen) atoms. The number of hydrogen-bond acceptors (Lipinski definition) is 4. The van der Waals surface area contributed by atoms with Gasteiger partial charge < -0.3 is 15.2 Å². The van der Waals surface area contributed by atoms with Crippen LogP contribution in [0.5, 0.6) is 5.75 Å². The Kier molecular flexibility index (Phi) is 6.04. The van der Waals surface area contributed by atoms with Gasteiger partial charge in [-0.25, -0.2) is 0 Å². The molecule has 0 aromatic heterocycles. The van der Waals surface area contributed by atoms with E-state index < -0.39 is 6.10 Å². The molecule has 1 fully saturated rings. The standard InChI is InChI=1S/C17H24N2O2/c1-2-15(9-13-3-4-13)19-11-16(20)12-21-17-7-5-14(10-18)6-8-17/h5-8,13,15-16,19-20H,2-4,9,11-12H2,1H3. The molecule has 2 unspecified atom stereocenters. The first kappa shape index (κ1) is 15.8. The second kappa shape index (κ2) is 8.02. The molecule has 1 aliphatic carbocycles. The van der Waals surface area contributed by atoms with Crippen molar-refractivity contribution >= 4 is 0 Å². The maximum absolute atomic E-state index is 9.97. The van der Waals surface area contributed by atoms with Crippen LogP contribution < -0.4 is 10.1 Å². The molecule has 4 heteroatoms. The molecule has 0 spiro atoms. The van der Waals surface area contributed by atoms with Crippen LogP contribution in [0.15, 0.2) is 24.3 Å². The van der Waals surface area contributed by atoms with E-state index in [0.29, 0.717) is 23.9 Å². The van der Waals surface area contributed by atoms with Crippen LogP contribution in [-0.2, 0) is 0 Å². The van der Waals surface area contributed by atoms with Crippen molar-refractivity contribution in [2.24, 2.45) is 5.92 Å². The lowest BCUT2D eigenvalue weighted by Crippen LogP contribution is -2.38. The fourth-order valence-electron chi connectivity index (χ4n) is 2.33. The molecule has 0 amide bonds. The maximum atomic E-state index is 9.97. The Labute approximate surface area is 126 Å². The zero-order valence-electron chi connectivity index (χ0n) is 12.6. The molecule has 4 nitrogen and oxygen atoms in total. The quantitative estimate of drug-likeness (QED) is 0.732. The summed E-state index contributed by atoms with van der Waals surface area (Å²) in [6, 6.07) is 9.49. The van der Waals surface area contributed by atoms with Gasteiger partial charge in [0.2, 0.25) is 0 Å². The van der Waals surface area contributed by atoms with Crippen molar-refractivity contribution in [1.29, 1.82) is 5.26 Å². The fraction of sp³-hybridized carbons (Fsp3) is 0.588. The predicted octanol–water partition coefficient (Wildman–Crippen LogP) is 2.47. The zero-order chi connectivity index (χ0) is 15.1. The summed E-state index contributed by atoms with van der Waals surface area (Å²) in [5.41, 5.74) is 0.607. The number of nitrogens with one attached hydrogen (secondary N) is 1. The molecule has 0 aliphatic heterocycles. The summed E-state index contributed by atoms with van der Waals surface area (Å²) >= 11 is 0. The first-order valence-electron chi connectivity index (χ1n) is 7.75. The topological polar surface area (TPSA) is 65.3 Å². The summed E-state index contributed by atoms with van der Waals surface area (Å²) in [5.74, 6) is 1.58. The fourth-order valence-corrected chi connectivity index (χ4v) is 2.33. The molecule has 1 aliphatic rings.